The maximum atomic E-state index is 13.6. The van der Waals surface area contributed by atoms with E-state index >= 15 is 0 Å². The van der Waals surface area contributed by atoms with Gasteiger partial charge < -0.3 is 37.4 Å². The fourth-order valence-corrected chi connectivity index (χ4v) is 5.21. The summed E-state index contributed by atoms with van der Waals surface area (Å²) < 4.78 is 0. The number of nitrogens with two attached hydrogens (primary N) is 1. The lowest BCUT2D eigenvalue weighted by Crippen LogP contribution is -2.57. The topological polar surface area (TPSA) is 226 Å². The minimum Gasteiger partial charge on any atom is -0.508 e. The second-order valence-corrected chi connectivity index (χ2v) is 11.1. The van der Waals surface area contributed by atoms with Crippen molar-refractivity contribution < 1.29 is 38.7 Å². The third-order valence-electron chi connectivity index (χ3n) is 6.46. The van der Waals surface area contributed by atoms with E-state index in [1.807, 2.05) is 0 Å². The number of aromatic hydroxyl groups is 1. The van der Waals surface area contributed by atoms with E-state index in [4.69, 9.17) is 5.73 Å². The van der Waals surface area contributed by atoms with Crippen LogP contribution in [0.15, 0.2) is 54.6 Å². The van der Waals surface area contributed by atoms with Crippen LogP contribution in [0.3, 0.4) is 0 Å². The number of thioether (sulfide) groups is 1. The van der Waals surface area contributed by atoms with Gasteiger partial charge in [-0.2, -0.15) is 0 Å². The summed E-state index contributed by atoms with van der Waals surface area (Å²) >= 11 is 0.682. The molecule has 0 unspecified atom stereocenters. The lowest BCUT2D eigenvalue weighted by molar-refractivity contribution is -0.134. The molecule has 3 rings (SSSR count). The van der Waals surface area contributed by atoms with Gasteiger partial charge in [-0.15, -0.1) is 0 Å². The van der Waals surface area contributed by atoms with Crippen LogP contribution in [0.5, 0.6) is 5.75 Å². The van der Waals surface area contributed by atoms with Crippen LogP contribution in [-0.2, 0) is 46.4 Å². The average Bonchev–Trinajstić information content (AvgIpc) is 2.97. The summed E-state index contributed by atoms with van der Waals surface area (Å²) in [6.45, 7) is 0.540. The number of carbonyl (C=O) groups excluding carboxylic acids is 7. The molecule has 0 aliphatic carbocycles. The van der Waals surface area contributed by atoms with Crippen molar-refractivity contribution in [1.29, 1.82) is 0 Å². The molecule has 44 heavy (non-hydrogen) atoms. The summed E-state index contributed by atoms with van der Waals surface area (Å²) in [5.74, 6) is -5.01. The predicted molar refractivity (Wildman–Crippen MR) is 160 cm³/mol. The Morgan fingerprint density at radius 1 is 0.841 bits per heavy atom. The highest BCUT2D eigenvalue weighted by atomic mass is 32.2. The number of nitrogens with one attached hydrogen (secondary N) is 5. The number of carbonyl (C=O) groups is 7. The Hall–Kier alpha value is -4.92. The molecule has 0 bridgehead atoms. The quantitative estimate of drug-likeness (QED) is 0.188. The van der Waals surface area contributed by atoms with Gasteiger partial charge in [-0.05, 0) is 23.3 Å². The van der Waals surface area contributed by atoms with Crippen LogP contribution in [0.1, 0.15) is 24.5 Å². The minimum atomic E-state index is -1.49. The van der Waals surface area contributed by atoms with E-state index in [1.54, 1.807) is 42.5 Å². The number of rotatable bonds is 7. The highest BCUT2D eigenvalue weighted by molar-refractivity contribution is 8.13. The molecule has 1 heterocycles. The molecule has 4 atom stereocenters. The number of phenolic OH excluding ortho intramolecular Hbond substituents is 1. The second-order valence-electron chi connectivity index (χ2n) is 10.1. The minimum absolute atomic E-state index is 0.00339. The van der Waals surface area contributed by atoms with E-state index in [2.05, 4.69) is 26.6 Å². The van der Waals surface area contributed by atoms with E-state index in [0.29, 0.717) is 17.3 Å². The average molecular weight is 627 g/mol. The molecular formula is C29H34N6O8S. The zero-order chi connectivity index (χ0) is 32.2. The summed E-state index contributed by atoms with van der Waals surface area (Å²) in [5.41, 5.74) is 6.58. The Kier molecular flexibility index (Phi) is 12.3. The summed E-state index contributed by atoms with van der Waals surface area (Å²) in [5, 5.41) is 21.5. The Morgan fingerprint density at radius 2 is 1.45 bits per heavy atom. The number of hydrogen-bond acceptors (Lipinski definition) is 9. The molecule has 14 nitrogen and oxygen atoms in total. The van der Waals surface area contributed by atoms with Crippen molar-refractivity contribution in [2.75, 3.05) is 12.3 Å². The number of amides is 6. The first kappa shape index (κ1) is 33.6. The van der Waals surface area contributed by atoms with Gasteiger partial charge in [-0.25, -0.2) is 0 Å². The van der Waals surface area contributed by atoms with Crippen molar-refractivity contribution >= 4 is 52.3 Å². The number of benzene rings is 2. The van der Waals surface area contributed by atoms with Gasteiger partial charge in [0.05, 0.1) is 13.0 Å². The van der Waals surface area contributed by atoms with Gasteiger partial charge in [0.1, 0.15) is 29.9 Å². The van der Waals surface area contributed by atoms with Crippen molar-refractivity contribution in [1.82, 2.24) is 26.6 Å². The monoisotopic (exact) mass is 626 g/mol. The maximum Gasteiger partial charge on any atom is 0.244 e. The smallest absolute Gasteiger partial charge is 0.244 e. The summed E-state index contributed by atoms with van der Waals surface area (Å²) in [6.07, 6.45) is -0.536. The van der Waals surface area contributed by atoms with Gasteiger partial charge in [-0.1, -0.05) is 54.2 Å². The van der Waals surface area contributed by atoms with Crippen molar-refractivity contribution in [2.24, 2.45) is 5.73 Å². The second kappa shape index (κ2) is 16.1. The van der Waals surface area contributed by atoms with Gasteiger partial charge in [-0.3, -0.25) is 33.6 Å². The van der Waals surface area contributed by atoms with Crippen LogP contribution >= 0.6 is 11.8 Å². The predicted octanol–water partition coefficient (Wildman–Crippen LogP) is -1.60. The lowest BCUT2D eigenvalue weighted by Gasteiger charge is -2.25. The molecular weight excluding hydrogens is 592 g/mol. The molecule has 1 saturated heterocycles. The zero-order valence-electron chi connectivity index (χ0n) is 23.8. The van der Waals surface area contributed by atoms with Crippen LogP contribution in [0, 0.1) is 0 Å². The summed E-state index contributed by atoms with van der Waals surface area (Å²) in [4.78, 5) is 89.3. The number of primary amides is 1. The van der Waals surface area contributed by atoms with Crippen LogP contribution in [0.4, 0.5) is 0 Å². The molecule has 2 aromatic rings. The highest BCUT2D eigenvalue weighted by Gasteiger charge is 2.32. The molecule has 8 N–H and O–H groups in total. The first-order valence-electron chi connectivity index (χ1n) is 13.6. The number of phenols is 1. The van der Waals surface area contributed by atoms with Crippen molar-refractivity contribution in [3.05, 3.63) is 65.7 Å². The van der Waals surface area contributed by atoms with E-state index in [9.17, 15) is 38.7 Å². The zero-order valence-corrected chi connectivity index (χ0v) is 24.6. The first-order valence-corrected chi connectivity index (χ1v) is 14.6. The molecule has 0 saturated carbocycles. The molecule has 1 fully saturated rings. The van der Waals surface area contributed by atoms with Crippen LogP contribution in [0.25, 0.3) is 0 Å². The van der Waals surface area contributed by atoms with Gasteiger partial charge in [0.25, 0.3) is 0 Å². The van der Waals surface area contributed by atoms with Crippen molar-refractivity contribution in [3.8, 4) is 5.75 Å². The Balaban J connectivity index is 1.96. The van der Waals surface area contributed by atoms with E-state index in [1.165, 1.54) is 12.1 Å². The lowest BCUT2D eigenvalue weighted by atomic mass is 10.0. The van der Waals surface area contributed by atoms with Gasteiger partial charge in [0.2, 0.25) is 40.6 Å². The third-order valence-corrected chi connectivity index (χ3v) is 7.53. The molecule has 234 valence electrons. The molecule has 0 radical (unpaired) electrons. The first-order chi connectivity index (χ1) is 20.9. The highest BCUT2D eigenvalue weighted by Crippen LogP contribution is 2.15. The Labute approximate surface area is 257 Å². The fraction of sp³-hybridized carbons (Fsp3) is 0.345. The van der Waals surface area contributed by atoms with E-state index < -0.39 is 77.7 Å². The van der Waals surface area contributed by atoms with E-state index in [0.717, 1.165) is 12.5 Å². The standard InChI is InChI=1S/C29H34N6O8S/c1-16(36)32-23-15-44-29(43)22(12-17-5-3-2-4-6-17)35-27(41)20(11-18-7-9-19(37)10-8-18)33-25(39)14-31-26(40)21(13-24(30)38)34-28(23)42/h2-10,20-23,37H,11-15H2,1H3,(H2,30,38)(H,31,40)(H,32,36)(H,33,39)(H,34,42)(H,35,41)/t20-,21-,22-,23-/m0/s1. The summed E-state index contributed by atoms with van der Waals surface area (Å²) in [7, 11) is 0. The Morgan fingerprint density at radius 3 is 2.09 bits per heavy atom. The Bertz CT molecular complexity index is 1390. The van der Waals surface area contributed by atoms with Gasteiger partial charge in [0, 0.05) is 25.5 Å². The molecule has 1 aliphatic rings. The molecule has 15 heteroatoms. The SMILES string of the molecule is CC(=O)N[C@H]1CSC(=O)[C@H](Cc2ccccc2)NC(=O)[C@H](Cc2ccc(O)cc2)NC(=O)CNC(=O)[C@H](CC(N)=O)NC1=O. The molecule has 6 amide bonds. The van der Waals surface area contributed by atoms with Crippen LogP contribution < -0.4 is 32.3 Å². The van der Waals surface area contributed by atoms with Crippen molar-refractivity contribution in [2.45, 2.75) is 50.4 Å². The van der Waals surface area contributed by atoms with Crippen molar-refractivity contribution in [3.63, 3.8) is 0 Å². The largest absolute Gasteiger partial charge is 0.508 e. The summed E-state index contributed by atoms with van der Waals surface area (Å²) in [6, 6.07) is 9.78. The third kappa shape index (κ3) is 10.7. The van der Waals surface area contributed by atoms with Gasteiger partial charge >= 0.3 is 0 Å². The molecule has 0 spiro atoms. The molecule has 2 aromatic carbocycles. The molecule has 0 aromatic heterocycles. The maximum absolute atomic E-state index is 13.6. The number of hydrogen-bond donors (Lipinski definition) is 7. The van der Waals surface area contributed by atoms with Gasteiger partial charge in [0.15, 0.2) is 0 Å². The molecule has 1 aliphatic heterocycles. The van der Waals surface area contributed by atoms with Crippen LogP contribution in [-0.4, -0.2) is 82.1 Å². The normalized spacial score (nSPS) is 22.2. The van der Waals surface area contributed by atoms with Crippen LogP contribution in [0.2, 0.25) is 0 Å². The fourth-order valence-electron chi connectivity index (χ4n) is 4.31. The van der Waals surface area contributed by atoms with E-state index in [-0.39, 0.29) is 24.3 Å².